The van der Waals surface area contributed by atoms with E-state index >= 15 is 0 Å². The van der Waals surface area contributed by atoms with Crippen molar-refractivity contribution >= 4 is 23.1 Å². The molecule has 1 N–H and O–H groups in total. The van der Waals surface area contributed by atoms with Crippen LogP contribution in [0.4, 0.5) is 0 Å². The van der Waals surface area contributed by atoms with Crippen LogP contribution in [-0.4, -0.2) is 34.1 Å². The number of hydrogen-bond acceptors (Lipinski definition) is 5. The Labute approximate surface area is 171 Å². The molecule has 0 saturated heterocycles. The van der Waals surface area contributed by atoms with Crippen molar-refractivity contribution in [1.29, 1.82) is 0 Å². The fraction of sp³-hybridized carbons (Fsp3) is 0.0435. The Hall–Kier alpha value is -4.26. The monoisotopic (exact) mass is 399 g/mol. The maximum Gasteiger partial charge on any atom is 0.336 e. The molecular formula is C23H17N3O4. The summed E-state index contributed by atoms with van der Waals surface area (Å²) in [5.74, 6) is -0.257. The Kier molecular flexibility index (Phi) is 5.09. The van der Waals surface area contributed by atoms with Gasteiger partial charge in [-0.25, -0.2) is 9.78 Å². The zero-order chi connectivity index (χ0) is 21.1. The van der Waals surface area contributed by atoms with Gasteiger partial charge in [-0.1, -0.05) is 30.3 Å². The van der Waals surface area contributed by atoms with Gasteiger partial charge < -0.3 is 9.84 Å². The largest absolute Gasteiger partial charge is 0.497 e. The van der Waals surface area contributed by atoms with Crippen LogP contribution in [0.2, 0.25) is 0 Å². The second-order valence-electron chi connectivity index (χ2n) is 6.44. The lowest BCUT2D eigenvalue weighted by Crippen LogP contribution is -2.21. The predicted molar refractivity (Wildman–Crippen MR) is 114 cm³/mol. The van der Waals surface area contributed by atoms with Crippen LogP contribution in [-0.2, 0) is 0 Å². The molecule has 4 aromatic rings. The van der Waals surface area contributed by atoms with E-state index in [-0.39, 0.29) is 16.9 Å². The lowest BCUT2D eigenvalue weighted by atomic mass is 10.1. The summed E-state index contributed by atoms with van der Waals surface area (Å²) >= 11 is 0. The van der Waals surface area contributed by atoms with Crippen LogP contribution in [0.5, 0.6) is 5.75 Å². The number of ether oxygens (including phenoxy) is 1. The van der Waals surface area contributed by atoms with Gasteiger partial charge in [0.15, 0.2) is 5.82 Å². The summed E-state index contributed by atoms with van der Waals surface area (Å²) in [6.45, 7) is 0. The van der Waals surface area contributed by atoms with Gasteiger partial charge in [0.1, 0.15) is 5.75 Å². The molecule has 148 valence electrons. The lowest BCUT2D eigenvalue weighted by Gasteiger charge is -2.11. The topological polar surface area (TPSA) is 93.8 Å². The second kappa shape index (κ2) is 8.00. The van der Waals surface area contributed by atoms with Crippen molar-refractivity contribution in [2.24, 2.45) is 5.10 Å². The molecule has 0 aliphatic heterocycles. The Morgan fingerprint density at radius 1 is 1.03 bits per heavy atom. The van der Waals surface area contributed by atoms with Crippen molar-refractivity contribution < 1.29 is 14.6 Å². The van der Waals surface area contributed by atoms with Gasteiger partial charge in [0.25, 0.3) is 5.56 Å². The molecule has 0 radical (unpaired) electrons. The molecule has 0 aliphatic rings. The highest BCUT2D eigenvalue weighted by molar-refractivity contribution is 5.95. The van der Waals surface area contributed by atoms with E-state index in [1.165, 1.54) is 12.3 Å². The SMILES string of the molecule is COc1ccc(/C=N/n2c(-c3ccccc3C(=O)O)nc3ccccc3c2=O)cc1. The minimum absolute atomic E-state index is 0.0353. The standard InChI is InChI=1S/C23H17N3O4/c1-30-16-12-10-15(11-13-16)14-24-26-21(17-6-2-3-7-18(17)23(28)29)25-20-9-5-4-8-19(20)22(26)27/h2-14H,1H3,(H,28,29)/b24-14+. The normalized spacial score (nSPS) is 11.1. The third-order valence-electron chi connectivity index (χ3n) is 4.59. The number of para-hydroxylation sites is 1. The van der Waals surface area contributed by atoms with Crippen LogP contribution in [0.1, 0.15) is 15.9 Å². The van der Waals surface area contributed by atoms with Gasteiger partial charge in [0.05, 0.1) is 29.8 Å². The van der Waals surface area contributed by atoms with Crippen LogP contribution in [0.15, 0.2) is 82.7 Å². The van der Waals surface area contributed by atoms with Crippen LogP contribution in [0.25, 0.3) is 22.3 Å². The minimum Gasteiger partial charge on any atom is -0.497 e. The molecule has 30 heavy (non-hydrogen) atoms. The number of methoxy groups -OCH3 is 1. The number of carboxylic acid groups (broad SMARTS) is 1. The number of benzene rings is 3. The number of aromatic carboxylic acids is 1. The summed E-state index contributed by atoms with van der Waals surface area (Å²) in [7, 11) is 1.58. The van der Waals surface area contributed by atoms with E-state index in [2.05, 4.69) is 10.1 Å². The molecule has 1 aromatic heterocycles. The van der Waals surface area contributed by atoms with Gasteiger partial charge in [-0.3, -0.25) is 4.79 Å². The van der Waals surface area contributed by atoms with Crippen LogP contribution >= 0.6 is 0 Å². The first-order chi connectivity index (χ1) is 14.6. The highest BCUT2D eigenvalue weighted by Gasteiger charge is 2.18. The third-order valence-corrected chi connectivity index (χ3v) is 4.59. The number of carbonyl (C=O) groups is 1. The average molecular weight is 399 g/mol. The van der Waals surface area contributed by atoms with Crippen molar-refractivity contribution in [2.45, 2.75) is 0 Å². The molecule has 0 saturated carbocycles. The fourth-order valence-corrected chi connectivity index (χ4v) is 3.08. The Bertz CT molecular complexity index is 1320. The predicted octanol–water partition coefficient (Wildman–Crippen LogP) is 3.65. The van der Waals surface area contributed by atoms with E-state index in [0.717, 1.165) is 10.2 Å². The zero-order valence-corrected chi connectivity index (χ0v) is 16.0. The number of hydrogen-bond donors (Lipinski definition) is 1. The summed E-state index contributed by atoms with van der Waals surface area (Å²) in [4.78, 5) is 29.5. The van der Waals surface area contributed by atoms with Crippen molar-refractivity contribution in [1.82, 2.24) is 9.66 Å². The molecule has 0 fully saturated rings. The maximum absolute atomic E-state index is 13.2. The Morgan fingerprint density at radius 2 is 1.73 bits per heavy atom. The molecule has 1 heterocycles. The first-order valence-electron chi connectivity index (χ1n) is 9.11. The number of fused-ring (bicyclic) bond motifs is 1. The van der Waals surface area contributed by atoms with Crippen molar-refractivity contribution in [3.63, 3.8) is 0 Å². The molecule has 0 aliphatic carbocycles. The molecule has 3 aromatic carbocycles. The minimum atomic E-state index is -1.11. The van der Waals surface area contributed by atoms with E-state index in [4.69, 9.17) is 4.74 Å². The average Bonchev–Trinajstić information content (AvgIpc) is 2.78. The zero-order valence-electron chi connectivity index (χ0n) is 16.0. The van der Waals surface area contributed by atoms with Gasteiger partial charge >= 0.3 is 5.97 Å². The second-order valence-corrected chi connectivity index (χ2v) is 6.44. The van der Waals surface area contributed by atoms with Gasteiger partial charge in [-0.15, -0.1) is 0 Å². The van der Waals surface area contributed by atoms with E-state index in [1.807, 2.05) is 0 Å². The van der Waals surface area contributed by atoms with Gasteiger partial charge in [-0.2, -0.15) is 9.78 Å². The quantitative estimate of drug-likeness (QED) is 0.517. The third kappa shape index (κ3) is 3.56. The molecule has 0 unspecified atom stereocenters. The van der Waals surface area contributed by atoms with Crippen molar-refractivity contribution in [2.75, 3.05) is 7.11 Å². The first kappa shape index (κ1) is 19.1. The van der Waals surface area contributed by atoms with Crippen molar-refractivity contribution in [3.8, 4) is 17.1 Å². The van der Waals surface area contributed by atoms with E-state index < -0.39 is 5.97 Å². The smallest absolute Gasteiger partial charge is 0.336 e. The molecule has 0 atom stereocenters. The molecule has 0 spiro atoms. The Balaban J connectivity index is 1.94. The highest BCUT2D eigenvalue weighted by atomic mass is 16.5. The molecular weight excluding hydrogens is 382 g/mol. The summed E-state index contributed by atoms with van der Waals surface area (Å²) in [5, 5.41) is 14.3. The molecule has 0 bridgehead atoms. The summed E-state index contributed by atoms with van der Waals surface area (Å²) in [5.41, 5.74) is 1.16. The van der Waals surface area contributed by atoms with Crippen molar-refractivity contribution in [3.05, 3.63) is 94.3 Å². The molecule has 4 rings (SSSR count). The molecule has 7 nitrogen and oxygen atoms in total. The van der Waals surface area contributed by atoms with Crippen LogP contribution in [0.3, 0.4) is 0 Å². The van der Waals surface area contributed by atoms with Crippen LogP contribution in [0, 0.1) is 0 Å². The van der Waals surface area contributed by atoms with E-state index in [9.17, 15) is 14.7 Å². The molecule has 7 heteroatoms. The first-order valence-corrected chi connectivity index (χ1v) is 9.11. The highest BCUT2D eigenvalue weighted by Crippen LogP contribution is 2.23. The van der Waals surface area contributed by atoms with E-state index in [0.29, 0.717) is 22.2 Å². The fourth-order valence-electron chi connectivity index (χ4n) is 3.08. The van der Waals surface area contributed by atoms with Gasteiger partial charge in [0.2, 0.25) is 0 Å². The molecule has 0 amide bonds. The van der Waals surface area contributed by atoms with Gasteiger partial charge in [0, 0.05) is 5.56 Å². The number of aromatic nitrogens is 2. The summed E-state index contributed by atoms with van der Waals surface area (Å²) in [6.07, 6.45) is 1.52. The number of carboxylic acids is 1. The number of nitrogens with zero attached hydrogens (tertiary/aromatic N) is 3. The Morgan fingerprint density at radius 3 is 2.47 bits per heavy atom. The maximum atomic E-state index is 13.2. The summed E-state index contributed by atoms with van der Waals surface area (Å²) in [6, 6.07) is 20.4. The van der Waals surface area contributed by atoms with Gasteiger partial charge in [-0.05, 0) is 48.0 Å². The number of rotatable bonds is 5. The lowest BCUT2D eigenvalue weighted by molar-refractivity contribution is 0.0697. The van der Waals surface area contributed by atoms with E-state index in [1.54, 1.807) is 73.8 Å². The van der Waals surface area contributed by atoms with Crippen LogP contribution < -0.4 is 10.3 Å². The summed E-state index contributed by atoms with van der Waals surface area (Å²) < 4.78 is 6.28.